The Bertz CT molecular complexity index is 844. The average Bonchev–Trinajstić information content (AvgIpc) is 2.66. The van der Waals surface area contributed by atoms with Gasteiger partial charge in [0.2, 0.25) is 0 Å². The van der Waals surface area contributed by atoms with Crippen LogP contribution in [0.15, 0.2) is 48.5 Å². The van der Waals surface area contributed by atoms with E-state index < -0.39 is 22.4 Å². The normalized spacial score (nSPS) is 12.7. The van der Waals surface area contributed by atoms with Crippen LogP contribution in [-0.2, 0) is 9.59 Å². The third-order valence-electron chi connectivity index (χ3n) is 4.54. The van der Waals surface area contributed by atoms with E-state index in [-0.39, 0.29) is 25.0 Å². The van der Waals surface area contributed by atoms with E-state index in [1.807, 2.05) is 13.8 Å². The molecular weight excluding hydrogens is 362 g/mol. The second-order valence-corrected chi connectivity index (χ2v) is 6.63. The van der Waals surface area contributed by atoms with Gasteiger partial charge in [-0.2, -0.15) is 0 Å². The topological polar surface area (TPSA) is 95.7 Å². The largest absolute Gasteiger partial charge is 0.427 e. The summed E-state index contributed by atoms with van der Waals surface area (Å²) >= 11 is 0. The molecule has 28 heavy (non-hydrogen) atoms. The van der Waals surface area contributed by atoms with Crippen LogP contribution < -0.4 is 9.47 Å². The number of rotatable bonds is 8. The summed E-state index contributed by atoms with van der Waals surface area (Å²) in [5, 5.41) is 11.7. The van der Waals surface area contributed by atoms with E-state index in [0.717, 1.165) is 11.1 Å². The summed E-state index contributed by atoms with van der Waals surface area (Å²) in [5.74, 6) is -1.07. The van der Waals surface area contributed by atoms with Crippen molar-refractivity contribution >= 4 is 11.9 Å². The Morgan fingerprint density at radius 3 is 1.82 bits per heavy atom. The molecular formula is C21H23NO6. The molecule has 0 radical (unpaired) electrons. The maximum atomic E-state index is 12.6. The average molecular weight is 385 g/mol. The zero-order chi connectivity index (χ0) is 20.7. The third-order valence-corrected chi connectivity index (χ3v) is 4.54. The van der Waals surface area contributed by atoms with Gasteiger partial charge in [0.05, 0.1) is 6.42 Å². The number of nitrogens with zero attached hydrogens (tertiary/aromatic N) is 1. The van der Waals surface area contributed by atoms with E-state index >= 15 is 0 Å². The first-order valence-electron chi connectivity index (χ1n) is 8.97. The minimum absolute atomic E-state index is 0.109. The van der Waals surface area contributed by atoms with Crippen molar-refractivity contribution in [3.05, 3.63) is 69.8 Å². The maximum absolute atomic E-state index is 12.6. The molecule has 1 atom stereocenters. The van der Waals surface area contributed by atoms with Crippen molar-refractivity contribution in [2.75, 3.05) is 0 Å². The SMILES string of the molecule is CC[C@@](CCC(=O)Oc1ccc(C)cc1)(C(=O)Oc1ccc(C)cc1)[N+](=O)[O-]. The molecule has 0 saturated carbocycles. The fraction of sp³-hybridized carbons (Fsp3) is 0.333. The van der Waals surface area contributed by atoms with Crippen LogP contribution in [0, 0.1) is 24.0 Å². The number of ether oxygens (including phenoxy) is 2. The van der Waals surface area contributed by atoms with Crippen LogP contribution >= 0.6 is 0 Å². The summed E-state index contributed by atoms with van der Waals surface area (Å²) in [5.41, 5.74) is -0.0383. The first kappa shape index (κ1) is 21.1. The van der Waals surface area contributed by atoms with Gasteiger partial charge in [0.15, 0.2) is 0 Å². The van der Waals surface area contributed by atoms with Gasteiger partial charge in [-0.25, -0.2) is 4.79 Å². The minimum Gasteiger partial charge on any atom is -0.427 e. The molecule has 0 aliphatic carbocycles. The molecule has 0 aliphatic heterocycles. The summed E-state index contributed by atoms with van der Waals surface area (Å²) in [4.78, 5) is 35.7. The molecule has 0 fully saturated rings. The van der Waals surface area contributed by atoms with Gasteiger partial charge in [0.25, 0.3) is 0 Å². The van der Waals surface area contributed by atoms with Crippen LogP contribution in [0.4, 0.5) is 0 Å². The number of hydrogen-bond donors (Lipinski definition) is 0. The zero-order valence-electron chi connectivity index (χ0n) is 16.1. The van der Waals surface area contributed by atoms with Gasteiger partial charge in [0, 0.05) is 17.8 Å². The number of carbonyl (C=O) groups is 2. The molecule has 0 spiro atoms. The fourth-order valence-electron chi connectivity index (χ4n) is 2.62. The summed E-state index contributed by atoms with van der Waals surface area (Å²) in [6.45, 7) is 5.29. The number of benzene rings is 2. The van der Waals surface area contributed by atoms with Gasteiger partial charge < -0.3 is 9.47 Å². The number of nitro groups is 1. The fourth-order valence-corrected chi connectivity index (χ4v) is 2.62. The monoisotopic (exact) mass is 385 g/mol. The molecule has 7 nitrogen and oxygen atoms in total. The van der Waals surface area contributed by atoms with E-state index in [1.54, 1.807) is 48.5 Å². The van der Waals surface area contributed by atoms with Crippen molar-refractivity contribution < 1.29 is 24.0 Å². The Labute approximate surface area is 163 Å². The van der Waals surface area contributed by atoms with E-state index in [4.69, 9.17) is 9.47 Å². The van der Waals surface area contributed by atoms with Crippen LogP contribution in [0.25, 0.3) is 0 Å². The molecule has 148 valence electrons. The van der Waals surface area contributed by atoms with Crippen molar-refractivity contribution in [2.24, 2.45) is 0 Å². The van der Waals surface area contributed by atoms with Crippen LogP contribution in [0.3, 0.4) is 0 Å². The van der Waals surface area contributed by atoms with Gasteiger partial charge in [-0.1, -0.05) is 42.3 Å². The second kappa shape index (κ2) is 9.12. The van der Waals surface area contributed by atoms with Crippen LogP contribution in [-0.4, -0.2) is 22.4 Å². The lowest BCUT2D eigenvalue weighted by atomic mass is 9.91. The van der Waals surface area contributed by atoms with E-state index in [0.29, 0.717) is 5.75 Å². The third kappa shape index (κ3) is 5.16. The van der Waals surface area contributed by atoms with Crippen molar-refractivity contribution in [1.82, 2.24) is 0 Å². The zero-order valence-corrected chi connectivity index (χ0v) is 16.1. The van der Waals surface area contributed by atoms with Gasteiger partial charge >= 0.3 is 17.5 Å². The van der Waals surface area contributed by atoms with Crippen molar-refractivity contribution in [3.63, 3.8) is 0 Å². The van der Waals surface area contributed by atoms with Crippen molar-refractivity contribution in [3.8, 4) is 11.5 Å². The lowest BCUT2D eigenvalue weighted by Gasteiger charge is -2.21. The number of carbonyl (C=O) groups excluding carboxylic acids is 2. The van der Waals surface area contributed by atoms with Crippen LogP contribution in [0.1, 0.15) is 37.3 Å². The van der Waals surface area contributed by atoms with Crippen molar-refractivity contribution in [2.45, 2.75) is 45.6 Å². The van der Waals surface area contributed by atoms with Crippen LogP contribution in [0.2, 0.25) is 0 Å². The standard InChI is InChI=1S/C21H23NO6/c1-4-21(22(25)26,20(24)28-18-11-7-16(3)8-12-18)14-13-19(23)27-17-9-5-15(2)6-10-17/h5-12H,4,13-14H2,1-3H3/t21-/m1/s1. The number of esters is 2. The van der Waals surface area contributed by atoms with E-state index in [9.17, 15) is 19.7 Å². The predicted molar refractivity (Wildman–Crippen MR) is 103 cm³/mol. The first-order valence-corrected chi connectivity index (χ1v) is 8.97. The smallest absolute Gasteiger partial charge is 0.390 e. The lowest BCUT2D eigenvalue weighted by Crippen LogP contribution is -2.49. The Kier molecular flexibility index (Phi) is 6.87. The predicted octanol–water partition coefficient (Wildman–Crippen LogP) is 4.02. The summed E-state index contributed by atoms with van der Waals surface area (Å²) < 4.78 is 10.4. The molecule has 2 rings (SSSR count). The molecule has 0 N–H and O–H groups in total. The Morgan fingerprint density at radius 1 is 0.929 bits per heavy atom. The molecule has 0 amide bonds. The number of aryl methyl sites for hydroxylation is 2. The molecule has 0 bridgehead atoms. The molecule has 0 aromatic heterocycles. The van der Waals surface area contributed by atoms with E-state index in [2.05, 4.69) is 0 Å². The van der Waals surface area contributed by atoms with Gasteiger partial charge in [-0.05, 0) is 38.1 Å². The molecule has 0 heterocycles. The number of hydrogen-bond acceptors (Lipinski definition) is 6. The maximum Gasteiger partial charge on any atom is 0.390 e. The highest BCUT2D eigenvalue weighted by molar-refractivity contribution is 5.82. The van der Waals surface area contributed by atoms with Crippen LogP contribution in [0.5, 0.6) is 11.5 Å². The molecule has 2 aromatic carbocycles. The highest BCUT2D eigenvalue weighted by atomic mass is 16.6. The highest BCUT2D eigenvalue weighted by Gasteiger charge is 2.51. The lowest BCUT2D eigenvalue weighted by molar-refractivity contribution is -0.556. The molecule has 0 unspecified atom stereocenters. The first-order chi connectivity index (χ1) is 13.3. The minimum atomic E-state index is -2.02. The Balaban J connectivity index is 2.07. The Morgan fingerprint density at radius 2 is 1.39 bits per heavy atom. The molecule has 7 heteroatoms. The van der Waals surface area contributed by atoms with Gasteiger partial charge in [-0.3, -0.25) is 14.9 Å². The molecule has 0 aliphatic rings. The quantitative estimate of drug-likeness (QED) is 0.295. The Hall–Kier alpha value is -3.22. The molecule has 2 aromatic rings. The highest BCUT2D eigenvalue weighted by Crippen LogP contribution is 2.26. The second-order valence-electron chi connectivity index (χ2n) is 6.63. The van der Waals surface area contributed by atoms with Gasteiger partial charge in [-0.15, -0.1) is 0 Å². The van der Waals surface area contributed by atoms with Gasteiger partial charge in [0.1, 0.15) is 11.5 Å². The molecule has 0 saturated heterocycles. The summed E-state index contributed by atoms with van der Waals surface area (Å²) in [6, 6.07) is 13.5. The van der Waals surface area contributed by atoms with E-state index in [1.165, 1.54) is 6.92 Å². The summed E-state index contributed by atoms with van der Waals surface area (Å²) in [7, 11) is 0. The summed E-state index contributed by atoms with van der Waals surface area (Å²) in [6.07, 6.45) is -0.708. The van der Waals surface area contributed by atoms with Crippen molar-refractivity contribution in [1.29, 1.82) is 0 Å².